The third-order valence-corrected chi connectivity index (χ3v) is 4.54. The fourth-order valence-electron chi connectivity index (χ4n) is 3.07. The summed E-state index contributed by atoms with van der Waals surface area (Å²) in [5.74, 6) is -1.01. The van der Waals surface area contributed by atoms with E-state index >= 15 is 0 Å². The number of nitrogens with zero attached hydrogens (tertiary/aromatic N) is 1. The molecule has 0 saturated heterocycles. The van der Waals surface area contributed by atoms with Gasteiger partial charge in [-0.15, -0.1) is 0 Å². The Kier molecular flexibility index (Phi) is 7.82. The molecule has 1 atom stereocenters. The van der Waals surface area contributed by atoms with Crippen LogP contribution in [0.5, 0.6) is 0 Å². The summed E-state index contributed by atoms with van der Waals surface area (Å²) in [6.45, 7) is 1.01. The summed E-state index contributed by atoms with van der Waals surface area (Å²) in [5, 5.41) is 1.84. The van der Waals surface area contributed by atoms with Crippen LogP contribution in [0.2, 0.25) is 0 Å². The fraction of sp³-hybridized carbons (Fsp3) is 0.364. The Hall–Kier alpha value is -2.83. The molecule has 7 heteroatoms. The zero-order valence-electron chi connectivity index (χ0n) is 16.5. The fourth-order valence-corrected chi connectivity index (χ4v) is 3.07. The van der Waals surface area contributed by atoms with E-state index in [1.165, 1.54) is 12.1 Å². The van der Waals surface area contributed by atoms with Crippen molar-refractivity contribution in [3.63, 3.8) is 0 Å². The van der Waals surface area contributed by atoms with E-state index in [1.807, 2.05) is 42.6 Å². The van der Waals surface area contributed by atoms with Crippen LogP contribution in [0.4, 0.5) is 13.2 Å². The smallest absolute Gasteiger partial charge is 0.343 e. The highest BCUT2D eigenvalue weighted by Gasteiger charge is 2.28. The second-order valence-electron chi connectivity index (χ2n) is 6.94. The van der Waals surface area contributed by atoms with Gasteiger partial charge in [0.05, 0.1) is 5.92 Å². The Bertz CT molecular complexity index is 805. The highest BCUT2D eigenvalue weighted by atomic mass is 19.4. The van der Waals surface area contributed by atoms with Crippen molar-refractivity contribution in [2.75, 3.05) is 13.6 Å². The van der Waals surface area contributed by atoms with Crippen molar-refractivity contribution >= 4 is 11.8 Å². The van der Waals surface area contributed by atoms with E-state index in [4.69, 9.17) is 0 Å². The van der Waals surface area contributed by atoms with Gasteiger partial charge < -0.3 is 10.2 Å². The van der Waals surface area contributed by atoms with Gasteiger partial charge in [0.1, 0.15) is 6.54 Å². The second kappa shape index (κ2) is 10.1. The quantitative estimate of drug-likeness (QED) is 0.701. The minimum atomic E-state index is -4.45. The Balaban J connectivity index is 2.01. The van der Waals surface area contributed by atoms with Crippen molar-refractivity contribution in [3.05, 3.63) is 71.3 Å². The molecule has 2 rings (SSSR count). The number of hydrogen-bond acceptors (Lipinski definition) is 2. The van der Waals surface area contributed by atoms with Gasteiger partial charge >= 0.3 is 6.18 Å². The van der Waals surface area contributed by atoms with E-state index in [-0.39, 0.29) is 17.4 Å². The Morgan fingerprint density at radius 1 is 1.03 bits per heavy atom. The average molecular weight is 406 g/mol. The average Bonchev–Trinajstić information content (AvgIpc) is 2.70. The van der Waals surface area contributed by atoms with Crippen LogP contribution in [0.15, 0.2) is 54.6 Å². The van der Waals surface area contributed by atoms with Gasteiger partial charge in [-0.2, -0.15) is 13.2 Å². The van der Waals surface area contributed by atoms with Gasteiger partial charge in [0.25, 0.3) is 5.91 Å². The predicted octanol–water partition coefficient (Wildman–Crippen LogP) is 4.52. The first-order valence-electron chi connectivity index (χ1n) is 9.45. The van der Waals surface area contributed by atoms with Crippen LogP contribution >= 0.6 is 0 Å². The molecule has 0 spiro atoms. The van der Waals surface area contributed by atoms with Crippen molar-refractivity contribution in [2.24, 2.45) is 0 Å². The first-order valence-corrected chi connectivity index (χ1v) is 9.45. The van der Waals surface area contributed by atoms with Crippen molar-refractivity contribution in [2.45, 2.75) is 38.4 Å². The monoisotopic (exact) mass is 406 g/mol. The minimum absolute atomic E-state index is 0.00467. The summed E-state index contributed by atoms with van der Waals surface area (Å²) in [4.78, 5) is 26.4. The van der Waals surface area contributed by atoms with E-state index in [9.17, 15) is 22.8 Å². The van der Waals surface area contributed by atoms with Gasteiger partial charge in [-0.05, 0) is 29.7 Å². The van der Waals surface area contributed by atoms with Crippen molar-refractivity contribution in [1.29, 1.82) is 0 Å². The molecule has 0 aliphatic carbocycles. The van der Waals surface area contributed by atoms with Crippen molar-refractivity contribution in [3.8, 4) is 0 Å². The van der Waals surface area contributed by atoms with Crippen LogP contribution in [0, 0.1) is 0 Å². The molecule has 0 aliphatic heterocycles. The lowest BCUT2D eigenvalue weighted by atomic mass is 9.93. The van der Waals surface area contributed by atoms with Gasteiger partial charge in [0, 0.05) is 19.2 Å². The number of carbonyl (C=O) groups excluding carboxylic acids is 2. The zero-order chi connectivity index (χ0) is 21.4. The summed E-state index contributed by atoms with van der Waals surface area (Å²) in [6.07, 6.45) is -2.83. The van der Waals surface area contributed by atoms with Gasteiger partial charge in [0.15, 0.2) is 0 Å². The van der Waals surface area contributed by atoms with Crippen LogP contribution in [-0.4, -0.2) is 36.5 Å². The Labute approximate surface area is 168 Å². The minimum Gasteiger partial charge on any atom is -0.343 e. The van der Waals surface area contributed by atoms with Crippen molar-refractivity contribution in [1.82, 2.24) is 10.2 Å². The van der Waals surface area contributed by atoms with Gasteiger partial charge in [-0.3, -0.25) is 9.59 Å². The number of benzene rings is 2. The van der Waals surface area contributed by atoms with Crippen molar-refractivity contribution < 1.29 is 22.8 Å². The van der Waals surface area contributed by atoms with E-state index in [0.29, 0.717) is 6.54 Å². The molecule has 0 aromatic heterocycles. The molecule has 4 nitrogen and oxygen atoms in total. The predicted molar refractivity (Wildman–Crippen MR) is 105 cm³/mol. The number of alkyl halides is 3. The van der Waals surface area contributed by atoms with Crippen LogP contribution in [0.1, 0.15) is 47.2 Å². The number of hydrogen-bond donors (Lipinski definition) is 1. The van der Waals surface area contributed by atoms with Crippen LogP contribution in [0.3, 0.4) is 0 Å². The molecule has 29 heavy (non-hydrogen) atoms. The molecular weight excluding hydrogens is 381 g/mol. The molecular formula is C22H25F3N2O2. The Morgan fingerprint density at radius 3 is 2.21 bits per heavy atom. The Morgan fingerprint density at radius 2 is 1.66 bits per heavy atom. The number of amides is 2. The molecule has 2 aromatic rings. The number of rotatable bonds is 8. The SMILES string of the molecule is CCC[C@H](C(=O)N(C)Cc1ccc(C(=O)NCC(F)(F)F)cc1)c1ccccc1. The van der Waals surface area contributed by atoms with E-state index in [0.717, 1.165) is 24.0 Å². The highest BCUT2D eigenvalue weighted by molar-refractivity contribution is 5.94. The molecule has 0 heterocycles. The first kappa shape index (κ1) is 22.5. The lowest BCUT2D eigenvalue weighted by Gasteiger charge is -2.24. The maximum Gasteiger partial charge on any atom is 0.405 e. The molecule has 0 unspecified atom stereocenters. The third kappa shape index (κ3) is 6.93. The maximum atomic E-state index is 12.9. The summed E-state index contributed by atoms with van der Waals surface area (Å²) >= 11 is 0. The molecule has 0 saturated carbocycles. The molecule has 0 fully saturated rings. The summed E-state index contributed by atoms with van der Waals surface area (Å²) in [6, 6.07) is 15.8. The number of likely N-dealkylation sites (N-methyl/N-ethyl adjacent to an activating group) is 1. The highest BCUT2D eigenvalue weighted by Crippen LogP contribution is 2.24. The standard InChI is InChI=1S/C22H25F3N2O2/c1-3-7-19(17-8-5-4-6-9-17)21(29)27(2)14-16-10-12-18(13-11-16)20(28)26-15-22(23,24)25/h4-6,8-13,19H,3,7,14-15H2,1-2H3,(H,26,28)/t19-/m0/s1. The molecule has 1 N–H and O–H groups in total. The maximum absolute atomic E-state index is 12.9. The second-order valence-corrected chi connectivity index (χ2v) is 6.94. The van der Waals surface area contributed by atoms with Crippen LogP contribution in [0.25, 0.3) is 0 Å². The van der Waals surface area contributed by atoms with E-state index < -0.39 is 18.6 Å². The third-order valence-electron chi connectivity index (χ3n) is 4.54. The molecule has 2 amide bonds. The molecule has 2 aromatic carbocycles. The lowest BCUT2D eigenvalue weighted by Crippen LogP contribution is -2.33. The summed E-state index contributed by atoms with van der Waals surface area (Å²) < 4.78 is 36.6. The zero-order valence-corrected chi connectivity index (χ0v) is 16.5. The lowest BCUT2D eigenvalue weighted by molar-refractivity contribution is -0.132. The first-order chi connectivity index (χ1) is 13.7. The normalized spacial score (nSPS) is 12.3. The van der Waals surface area contributed by atoms with Gasteiger partial charge in [-0.25, -0.2) is 0 Å². The summed E-state index contributed by atoms with van der Waals surface area (Å²) in [7, 11) is 1.72. The molecule has 156 valence electrons. The van der Waals surface area contributed by atoms with Gasteiger partial charge in [-0.1, -0.05) is 55.8 Å². The number of halogens is 3. The van der Waals surface area contributed by atoms with Crippen LogP contribution in [-0.2, 0) is 11.3 Å². The topological polar surface area (TPSA) is 49.4 Å². The number of nitrogens with one attached hydrogen (secondary N) is 1. The van der Waals surface area contributed by atoms with E-state index in [1.54, 1.807) is 24.1 Å². The van der Waals surface area contributed by atoms with Gasteiger partial charge in [0.2, 0.25) is 5.91 Å². The van der Waals surface area contributed by atoms with Crippen LogP contribution < -0.4 is 5.32 Å². The summed E-state index contributed by atoms with van der Waals surface area (Å²) in [5.41, 5.74) is 1.90. The van der Waals surface area contributed by atoms with E-state index in [2.05, 4.69) is 0 Å². The largest absolute Gasteiger partial charge is 0.405 e. The molecule has 0 radical (unpaired) electrons. The molecule has 0 aliphatic rings. The number of carbonyl (C=O) groups is 2. The molecule has 0 bridgehead atoms.